The van der Waals surface area contributed by atoms with Crippen LogP contribution in [0.3, 0.4) is 0 Å². The maximum Gasteiger partial charge on any atom is 0.240 e. The van der Waals surface area contributed by atoms with Crippen LogP contribution in [0, 0.1) is 11.8 Å². The Bertz CT molecular complexity index is 1350. The first-order chi connectivity index (χ1) is 17.5. The number of sulfonamides is 1. The Balaban J connectivity index is 0.00000168. The molecular weight excluding hydrogens is 474 g/mol. The number of hydrogen-bond donors (Lipinski definition) is 2. The van der Waals surface area contributed by atoms with E-state index in [1.54, 1.807) is 12.1 Å². The number of carbonyl (C=O) groups is 1. The summed E-state index contributed by atoms with van der Waals surface area (Å²) >= 11 is 0. The van der Waals surface area contributed by atoms with E-state index in [-0.39, 0.29) is 31.7 Å². The molecule has 194 valence electrons. The van der Waals surface area contributed by atoms with Crippen LogP contribution in [-0.2, 0) is 19.6 Å². The van der Waals surface area contributed by atoms with Gasteiger partial charge in [-0.2, -0.15) is 0 Å². The minimum atomic E-state index is -3.66. The summed E-state index contributed by atoms with van der Waals surface area (Å²) in [6.07, 6.45) is 5.17. The second-order valence-electron chi connectivity index (χ2n) is 10.5. The predicted molar refractivity (Wildman–Crippen MR) is 143 cm³/mol. The van der Waals surface area contributed by atoms with Gasteiger partial charge in [0.25, 0.3) is 0 Å². The smallest absolute Gasteiger partial charge is 0.240 e. The Morgan fingerprint density at radius 1 is 1.00 bits per heavy atom. The fraction of sp³-hybridized carbons (Fsp3) is 0.464. The molecule has 2 heterocycles. The Labute approximate surface area is 215 Å². The molecule has 8 heteroatoms. The second-order valence-corrected chi connectivity index (χ2v) is 12.2. The van der Waals surface area contributed by atoms with Gasteiger partial charge >= 0.3 is 0 Å². The molecule has 2 N–H and O–H groups in total. The van der Waals surface area contributed by atoms with Gasteiger partial charge in [-0.25, -0.2) is 13.1 Å². The minimum absolute atomic E-state index is 0. The van der Waals surface area contributed by atoms with Crippen LogP contribution in [0.2, 0.25) is 0 Å². The Morgan fingerprint density at radius 2 is 1.78 bits per heavy atom. The molecule has 0 bridgehead atoms. The van der Waals surface area contributed by atoms with Crippen LogP contribution >= 0.6 is 0 Å². The van der Waals surface area contributed by atoms with Crippen LogP contribution in [0.4, 0.5) is 0 Å². The number of nitrogens with one attached hydrogen (secondary N) is 2. The zero-order chi connectivity index (χ0) is 24.7. The van der Waals surface area contributed by atoms with Gasteiger partial charge in [-0.1, -0.05) is 36.4 Å². The van der Waals surface area contributed by atoms with Crippen LogP contribution in [0.1, 0.15) is 41.4 Å². The van der Waals surface area contributed by atoms with Crippen molar-refractivity contribution in [3.63, 3.8) is 0 Å². The number of H-pyrrole nitrogens is 1. The summed E-state index contributed by atoms with van der Waals surface area (Å²) in [5.41, 5.74) is 2.81. The van der Waals surface area contributed by atoms with Crippen LogP contribution in [0.15, 0.2) is 59.5 Å². The third-order valence-corrected chi connectivity index (χ3v) is 9.52. The zero-order valence-electron chi connectivity index (χ0n) is 20.4. The van der Waals surface area contributed by atoms with Crippen molar-refractivity contribution in [3.8, 4) is 11.3 Å². The third-order valence-electron chi connectivity index (χ3n) is 8.00. The summed E-state index contributed by atoms with van der Waals surface area (Å²) in [5.74, 6) is 0.817. The first-order valence-corrected chi connectivity index (χ1v) is 14.5. The molecule has 6 rings (SSSR count). The van der Waals surface area contributed by atoms with Gasteiger partial charge in [0.15, 0.2) is 0 Å². The van der Waals surface area contributed by atoms with E-state index in [0.717, 1.165) is 35.0 Å². The maximum absolute atomic E-state index is 13.3. The highest BCUT2D eigenvalue weighted by Crippen LogP contribution is 2.38. The Kier molecular flexibility index (Phi) is 6.35. The van der Waals surface area contributed by atoms with Crippen molar-refractivity contribution in [1.29, 1.82) is 0 Å². The molecule has 3 aromatic rings. The lowest BCUT2D eigenvalue weighted by molar-refractivity contribution is -0.146. The van der Waals surface area contributed by atoms with Gasteiger partial charge in [0.2, 0.25) is 15.9 Å². The molecule has 3 aliphatic rings. The molecule has 2 aromatic carbocycles. The average Bonchev–Trinajstić information content (AvgIpc) is 3.67. The highest BCUT2D eigenvalue weighted by atomic mass is 32.2. The van der Waals surface area contributed by atoms with E-state index in [9.17, 15) is 13.2 Å². The number of aromatic nitrogens is 1. The average molecular weight is 512 g/mol. The SMILES string of the molecule is O=C(C1CCC(NS(=O)(=O)c2ccc3cc(-c4ccccc4)[nH]c3c2)CC1)N1CCOC[C@@H]1C1CC1.[HH].[HH]. The lowest BCUT2D eigenvalue weighted by Gasteiger charge is -2.39. The van der Waals surface area contributed by atoms with E-state index in [1.165, 1.54) is 12.8 Å². The van der Waals surface area contributed by atoms with E-state index in [2.05, 4.69) is 14.6 Å². The molecule has 1 aromatic heterocycles. The van der Waals surface area contributed by atoms with Crippen molar-refractivity contribution in [2.75, 3.05) is 19.8 Å². The number of rotatable bonds is 6. The number of benzene rings is 2. The molecule has 1 amide bonds. The van der Waals surface area contributed by atoms with Crippen molar-refractivity contribution in [2.45, 2.75) is 55.5 Å². The van der Waals surface area contributed by atoms with Gasteiger partial charge in [0, 0.05) is 38.0 Å². The second kappa shape index (κ2) is 9.65. The molecular formula is C28H37N3O4S. The molecule has 0 spiro atoms. The van der Waals surface area contributed by atoms with Gasteiger partial charge in [-0.15, -0.1) is 0 Å². The van der Waals surface area contributed by atoms with E-state index in [1.807, 2.05) is 42.5 Å². The van der Waals surface area contributed by atoms with Crippen molar-refractivity contribution in [1.82, 2.24) is 14.6 Å². The minimum Gasteiger partial charge on any atom is -0.377 e. The monoisotopic (exact) mass is 511 g/mol. The first-order valence-electron chi connectivity index (χ1n) is 13.1. The van der Waals surface area contributed by atoms with Gasteiger partial charge in [-0.3, -0.25) is 4.79 Å². The molecule has 7 nitrogen and oxygen atoms in total. The summed E-state index contributed by atoms with van der Waals surface area (Å²) in [6, 6.07) is 17.3. The Morgan fingerprint density at radius 3 is 2.53 bits per heavy atom. The number of morpholine rings is 1. The first kappa shape index (κ1) is 23.7. The van der Waals surface area contributed by atoms with Crippen LogP contribution in [0.25, 0.3) is 22.2 Å². The highest BCUT2D eigenvalue weighted by Gasteiger charge is 2.41. The third kappa shape index (κ3) is 4.82. The van der Waals surface area contributed by atoms with E-state index < -0.39 is 10.0 Å². The summed E-state index contributed by atoms with van der Waals surface area (Å²) in [4.78, 5) is 18.9. The molecule has 0 radical (unpaired) electrons. The van der Waals surface area contributed by atoms with E-state index in [4.69, 9.17) is 4.74 Å². The predicted octanol–water partition coefficient (Wildman–Crippen LogP) is 4.80. The topological polar surface area (TPSA) is 91.5 Å². The molecule has 1 atom stereocenters. The maximum atomic E-state index is 13.3. The lowest BCUT2D eigenvalue weighted by atomic mass is 9.85. The van der Waals surface area contributed by atoms with Crippen molar-refractivity contribution < 1.29 is 20.8 Å². The number of nitrogens with zero attached hydrogens (tertiary/aromatic N) is 1. The molecule has 1 saturated heterocycles. The van der Waals surface area contributed by atoms with Crippen molar-refractivity contribution >= 4 is 26.8 Å². The molecule has 36 heavy (non-hydrogen) atoms. The normalized spacial score (nSPS) is 25.2. The fourth-order valence-corrected chi connectivity index (χ4v) is 7.13. The summed E-state index contributed by atoms with van der Waals surface area (Å²) in [5, 5.41) is 0.972. The van der Waals surface area contributed by atoms with Crippen LogP contribution in [-0.4, -0.2) is 56.1 Å². The lowest BCUT2D eigenvalue weighted by Crippen LogP contribution is -2.52. The van der Waals surface area contributed by atoms with Crippen molar-refractivity contribution in [3.05, 3.63) is 54.6 Å². The highest BCUT2D eigenvalue weighted by molar-refractivity contribution is 7.89. The Hall–Kier alpha value is -2.68. The molecule has 3 fully saturated rings. The zero-order valence-corrected chi connectivity index (χ0v) is 21.2. The van der Waals surface area contributed by atoms with Gasteiger partial charge in [-0.05, 0) is 68.2 Å². The quantitative estimate of drug-likeness (QED) is 0.497. The van der Waals surface area contributed by atoms with Crippen LogP contribution in [0.5, 0.6) is 0 Å². The van der Waals surface area contributed by atoms with Crippen LogP contribution < -0.4 is 4.72 Å². The number of fused-ring (bicyclic) bond motifs is 1. The van der Waals surface area contributed by atoms with E-state index >= 15 is 0 Å². The number of amides is 1. The molecule has 1 aliphatic heterocycles. The number of aromatic amines is 1. The summed E-state index contributed by atoms with van der Waals surface area (Å²) in [6.45, 7) is 1.95. The van der Waals surface area contributed by atoms with E-state index in [0.29, 0.717) is 38.5 Å². The molecule has 2 aliphatic carbocycles. The standard InChI is InChI=1S/C28H33N3O4S.2H2/c32-28(31-14-15-35-18-27(31)20-6-7-20)21-8-11-23(12-9-21)30-36(33,34)24-13-10-22-16-25(29-26(22)17-24)19-4-2-1-3-5-19;;/h1-5,10,13,16-17,20-21,23,27,29-30H,6-9,11-12,14-15,18H2;2*1H/t21?,23?,27-;;/m1../s1. The van der Waals surface area contributed by atoms with Gasteiger partial charge in [0.1, 0.15) is 0 Å². The number of ether oxygens (including phenoxy) is 1. The van der Waals surface area contributed by atoms with Gasteiger partial charge < -0.3 is 14.6 Å². The molecule has 2 saturated carbocycles. The van der Waals surface area contributed by atoms with Crippen molar-refractivity contribution in [2.24, 2.45) is 11.8 Å². The molecule has 0 unspecified atom stereocenters. The number of hydrogen-bond acceptors (Lipinski definition) is 4. The summed E-state index contributed by atoms with van der Waals surface area (Å²) in [7, 11) is -3.66. The van der Waals surface area contributed by atoms with Gasteiger partial charge in [0.05, 0.1) is 24.2 Å². The largest absolute Gasteiger partial charge is 0.377 e. The number of carbonyl (C=O) groups excluding carboxylic acids is 1. The summed E-state index contributed by atoms with van der Waals surface area (Å²) < 4.78 is 34.9. The fourth-order valence-electron chi connectivity index (χ4n) is 5.79.